The Balaban J connectivity index is 2.13. The lowest BCUT2D eigenvalue weighted by molar-refractivity contribution is 0.628. The summed E-state index contributed by atoms with van der Waals surface area (Å²) in [6.45, 7) is 0. The number of aromatic amines is 1. The second-order valence-electron chi connectivity index (χ2n) is 4.51. The van der Waals surface area contributed by atoms with Crippen LogP contribution in [0.25, 0.3) is 22.6 Å². The molecule has 0 atom stereocenters. The average Bonchev–Trinajstić information content (AvgIpc) is 2.88. The van der Waals surface area contributed by atoms with Crippen molar-refractivity contribution in [3.63, 3.8) is 0 Å². The van der Waals surface area contributed by atoms with E-state index in [2.05, 4.69) is 15.1 Å². The maximum Gasteiger partial charge on any atom is 0.251 e. The van der Waals surface area contributed by atoms with Gasteiger partial charge in [-0.15, -0.1) is 0 Å². The van der Waals surface area contributed by atoms with Crippen LogP contribution in [-0.2, 0) is 7.05 Å². The molecule has 0 spiro atoms. The van der Waals surface area contributed by atoms with E-state index in [4.69, 9.17) is 11.6 Å². The molecule has 0 unspecified atom stereocenters. The first-order valence-electron chi connectivity index (χ1n) is 6.09. The van der Waals surface area contributed by atoms with Crippen LogP contribution in [0.3, 0.4) is 0 Å². The highest BCUT2D eigenvalue weighted by Gasteiger charge is 2.09. The van der Waals surface area contributed by atoms with Gasteiger partial charge in [0, 0.05) is 30.4 Å². The summed E-state index contributed by atoms with van der Waals surface area (Å²) < 4.78 is 15.1. The molecule has 0 bridgehead atoms. The first-order chi connectivity index (χ1) is 10.0. The van der Waals surface area contributed by atoms with Gasteiger partial charge in [-0.1, -0.05) is 11.6 Å². The van der Waals surface area contributed by atoms with Crippen LogP contribution in [0.1, 0.15) is 0 Å². The van der Waals surface area contributed by atoms with Crippen molar-refractivity contribution in [2.45, 2.75) is 0 Å². The number of benzene rings is 1. The van der Waals surface area contributed by atoms with Crippen molar-refractivity contribution in [2.24, 2.45) is 7.05 Å². The van der Waals surface area contributed by atoms with Gasteiger partial charge in [-0.2, -0.15) is 5.10 Å². The molecule has 0 saturated heterocycles. The van der Waals surface area contributed by atoms with Crippen LogP contribution >= 0.6 is 11.6 Å². The molecule has 3 rings (SSSR count). The predicted octanol–water partition coefficient (Wildman–Crippen LogP) is 2.63. The molecule has 1 aromatic carbocycles. The van der Waals surface area contributed by atoms with E-state index in [9.17, 15) is 9.18 Å². The average molecular weight is 305 g/mol. The summed E-state index contributed by atoms with van der Waals surface area (Å²) in [6, 6.07) is 5.61. The van der Waals surface area contributed by atoms with E-state index in [0.717, 1.165) is 0 Å². The van der Waals surface area contributed by atoms with E-state index in [1.165, 1.54) is 18.2 Å². The number of H-pyrrole nitrogens is 1. The van der Waals surface area contributed by atoms with Gasteiger partial charge in [0.2, 0.25) is 0 Å². The minimum atomic E-state index is -0.566. The molecule has 106 valence electrons. The van der Waals surface area contributed by atoms with Crippen molar-refractivity contribution >= 4 is 11.6 Å². The van der Waals surface area contributed by atoms with Crippen molar-refractivity contribution in [1.29, 1.82) is 0 Å². The standard InChI is InChI=1S/C14H10ClFN4O/c1-20-7-9(6-17-20)12-5-13(21)19-14(18-12)8-2-3-10(15)11(16)4-8/h2-7H,1H3,(H,18,19,21). The molecular weight excluding hydrogens is 295 g/mol. The molecule has 5 nitrogen and oxygen atoms in total. The summed E-state index contributed by atoms with van der Waals surface area (Å²) in [5.74, 6) is -0.291. The fourth-order valence-electron chi connectivity index (χ4n) is 1.94. The Kier molecular flexibility index (Phi) is 3.31. The molecule has 0 aliphatic heterocycles. The van der Waals surface area contributed by atoms with Gasteiger partial charge in [0.15, 0.2) is 0 Å². The summed E-state index contributed by atoms with van der Waals surface area (Å²) in [5.41, 5.74) is 1.30. The third-order valence-corrected chi connectivity index (χ3v) is 3.24. The molecule has 0 saturated carbocycles. The molecule has 0 aliphatic rings. The molecule has 0 fully saturated rings. The monoisotopic (exact) mass is 304 g/mol. The van der Waals surface area contributed by atoms with Gasteiger partial charge >= 0.3 is 0 Å². The maximum absolute atomic E-state index is 13.5. The molecule has 7 heteroatoms. The quantitative estimate of drug-likeness (QED) is 0.791. The van der Waals surface area contributed by atoms with Crippen LogP contribution in [0.5, 0.6) is 0 Å². The van der Waals surface area contributed by atoms with E-state index in [0.29, 0.717) is 16.8 Å². The third kappa shape index (κ3) is 2.71. The SMILES string of the molecule is Cn1cc(-c2cc(=O)[nH]c(-c3ccc(Cl)c(F)c3)n2)cn1. The first-order valence-corrected chi connectivity index (χ1v) is 6.46. The van der Waals surface area contributed by atoms with Gasteiger partial charge in [0.25, 0.3) is 5.56 Å². The maximum atomic E-state index is 13.5. The number of halogens is 2. The lowest BCUT2D eigenvalue weighted by Crippen LogP contribution is -2.08. The molecule has 2 heterocycles. The summed E-state index contributed by atoms with van der Waals surface area (Å²) >= 11 is 5.65. The first kappa shape index (κ1) is 13.5. The lowest BCUT2D eigenvalue weighted by atomic mass is 10.2. The van der Waals surface area contributed by atoms with Crippen LogP contribution in [0.4, 0.5) is 4.39 Å². The summed E-state index contributed by atoms with van der Waals surface area (Å²) in [5, 5.41) is 4.06. The van der Waals surface area contributed by atoms with Gasteiger partial charge in [0.05, 0.1) is 16.9 Å². The van der Waals surface area contributed by atoms with E-state index in [-0.39, 0.29) is 16.4 Å². The zero-order valence-electron chi connectivity index (χ0n) is 11.0. The van der Waals surface area contributed by atoms with Crippen LogP contribution < -0.4 is 5.56 Å². The van der Waals surface area contributed by atoms with Crippen molar-refractivity contribution in [2.75, 3.05) is 0 Å². The highest BCUT2D eigenvalue weighted by Crippen LogP contribution is 2.23. The van der Waals surface area contributed by atoms with Crippen LogP contribution in [0.2, 0.25) is 5.02 Å². The van der Waals surface area contributed by atoms with E-state index in [1.807, 2.05) is 0 Å². The van der Waals surface area contributed by atoms with Gasteiger partial charge in [0.1, 0.15) is 11.6 Å². The number of aryl methyl sites for hydroxylation is 1. The zero-order chi connectivity index (χ0) is 15.0. The normalized spacial score (nSPS) is 10.8. The van der Waals surface area contributed by atoms with Crippen LogP contribution in [0.15, 0.2) is 41.5 Å². The molecule has 0 amide bonds. The van der Waals surface area contributed by atoms with Crippen molar-refractivity contribution in [3.05, 3.63) is 57.9 Å². The Morgan fingerprint density at radius 1 is 1.29 bits per heavy atom. The Labute approximate surface area is 124 Å². The smallest absolute Gasteiger partial charge is 0.251 e. The number of aromatic nitrogens is 4. The third-order valence-electron chi connectivity index (χ3n) is 2.94. The topological polar surface area (TPSA) is 63.6 Å². The number of nitrogens with one attached hydrogen (secondary N) is 1. The highest BCUT2D eigenvalue weighted by molar-refractivity contribution is 6.30. The van der Waals surface area contributed by atoms with Gasteiger partial charge in [-0.05, 0) is 18.2 Å². The Bertz CT molecular complexity index is 871. The Hall–Kier alpha value is -2.47. The summed E-state index contributed by atoms with van der Waals surface area (Å²) in [4.78, 5) is 18.7. The largest absolute Gasteiger partial charge is 0.306 e. The highest BCUT2D eigenvalue weighted by atomic mass is 35.5. The Morgan fingerprint density at radius 3 is 2.76 bits per heavy atom. The molecule has 21 heavy (non-hydrogen) atoms. The number of hydrogen-bond acceptors (Lipinski definition) is 3. The van der Waals surface area contributed by atoms with E-state index < -0.39 is 5.82 Å². The number of nitrogens with zero attached hydrogens (tertiary/aromatic N) is 3. The van der Waals surface area contributed by atoms with Crippen molar-refractivity contribution < 1.29 is 4.39 Å². The summed E-state index contributed by atoms with van der Waals surface area (Å²) in [6.07, 6.45) is 3.35. The second-order valence-corrected chi connectivity index (χ2v) is 4.92. The molecule has 3 aromatic rings. The van der Waals surface area contributed by atoms with Crippen LogP contribution in [0, 0.1) is 5.82 Å². The minimum Gasteiger partial charge on any atom is -0.306 e. The fraction of sp³-hybridized carbons (Fsp3) is 0.0714. The molecule has 0 aliphatic carbocycles. The van der Waals surface area contributed by atoms with Gasteiger partial charge < -0.3 is 4.98 Å². The second kappa shape index (κ2) is 5.14. The number of rotatable bonds is 2. The van der Waals surface area contributed by atoms with Gasteiger partial charge in [-0.3, -0.25) is 9.48 Å². The molecular formula is C14H10ClFN4O. The molecule has 2 aromatic heterocycles. The zero-order valence-corrected chi connectivity index (χ0v) is 11.7. The summed E-state index contributed by atoms with van der Waals surface area (Å²) in [7, 11) is 1.77. The van der Waals surface area contributed by atoms with Crippen molar-refractivity contribution in [1.82, 2.24) is 19.7 Å². The van der Waals surface area contributed by atoms with E-state index >= 15 is 0 Å². The predicted molar refractivity (Wildman–Crippen MR) is 77.5 cm³/mol. The number of hydrogen-bond donors (Lipinski definition) is 1. The molecule has 0 radical (unpaired) electrons. The van der Waals surface area contributed by atoms with Gasteiger partial charge in [-0.25, -0.2) is 9.37 Å². The Morgan fingerprint density at radius 2 is 2.10 bits per heavy atom. The van der Waals surface area contributed by atoms with E-state index in [1.54, 1.807) is 30.2 Å². The molecule has 1 N–H and O–H groups in total. The lowest BCUT2D eigenvalue weighted by Gasteiger charge is -2.04. The van der Waals surface area contributed by atoms with Crippen LogP contribution in [-0.4, -0.2) is 19.7 Å². The minimum absolute atomic E-state index is 0.0181. The fourth-order valence-corrected chi connectivity index (χ4v) is 2.06. The van der Waals surface area contributed by atoms with Crippen molar-refractivity contribution in [3.8, 4) is 22.6 Å².